The Bertz CT molecular complexity index is 224. The fourth-order valence-corrected chi connectivity index (χ4v) is 1.47. The van der Waals surface area contributed by atoms with Gasteiger partial charge in [0.25, 0.3) is 0 Å². The van der Waals surface area contributed by atoms with Crippen LogP contribution in [0.2, 0.25) is 0 Å². The predicted molar refractivity (Wildman–Crippen MR) is 53.1 cm³/mol. The summed E-state index contributed by atoms with van der Waals surface area (Å²) < 4.78 is 4.63. The standard InChI is InChI=1S/C6H6I2N.HI/c1-9-4-5(7)2-3-6(9)8;/h2-4H,1H3;1H/q+1;/p-1. The largest absolute Gasteiger partial charge is 1.00 e. The lowest BCUT2D eigenvalue weighted by Crippen LogP contribution is -3.00. The van der Waals surface area contributed by atoms with E-state index in [2.05, 4.69) is 68.1 Å². The molecule has 1 aromatic heterocycles. The summed E-state index contributed by atoms with van der Waals surface area (Å²) in [5.74, 6) is 0. The fraction of sp³-hybridized carbons (Fsp3) is 0.167. The van der Waals surface area contributed by atoms with Crippen LogP contribution in [-0.2, 0) is 7.05 Å². The molecule has 1 aromatic rings. The maximum atomic E-state index is 2.30. The van der Waals surface area contributed by atoms with Gasteiger partial charge in [0.2, 0.25) is 3.70 Å². The summed E-state index contributed by atoms with van der Waals surface area (Å²) in [6, 6.07) is 4.20. The quantitative estimate of drug-likeness (QED) is 0.252. The molecule has 0 amide bonds. The molecule has 0 saturated carbocycles. The topological polar surface area (TPSA) is 3.88 Å². The molecule has 0 spiro atoms. The first kappa shape index (κ1) is 11.3. The molecule has 0 bridgehead atoms. The van der Waals surface area contributed by atoms with Crippen LogP contribution in [0.1, 0.15) is 0 Å². The van der Waals surface area contributed by atoms with E-state index in [0.717, 1.165) is 0 Å². The highest BCUT2D eigenvalue weighted by Crippen LogP contribution is 2.02. The van der Waals surface area contributed by atoms with E-state index in [4.69, 9.17) is 0 Å². The number of rotatable bonds is 0. The Morgan fingerprint density at radius 1 is 1.30 bits per heavy atom. The number of pyridine rings is 1. The van der Waals surface area contributed by atoms with Crippen molar-refractivity contribution in [2.45, 2.75) is 0 Å². The second-order valence-electron chi connectivity index (χ2n) is 1.78. The Balaban J connectivity index is 0.000000810. The van der Waals surface area contributed by atoms with Gasteiger partial charge in [0.1, 0.15) is 7.05 Å². The first-order valence-corrected chi connectivity index (χ1v) is 4.66. The minimum atomic E-state index is 0. The summed E-state index contributed by atoms with van der Waals surface area (Å²) in [5, 5.41) is 0. The summed E-state index contributed by atoms with van der Waals surface area (Å²) in [4.78, 5) is 0. The molecule has 0 saturated heterocycles. The van der Waals surface area contributed by atoms with Crippen molar-refractivity contribution in [1.29, 1.82) is 0 Å². The van der Waals surface area contributed by atoms with Crippen molar-refractivity contribution in [2.24, 2.45) is 7.05 Å². The van der Waals surface area contributed by atoms with Crippen molar-refractivity contribution < 1.29 is 28.5 Å². The van der Waals surface area contributed by atoms with Gasteiger partial charge in [0, 0.05) is 28.7 Å². The first-order valence-electron chi connectivity index (χ1n) is 2.51. The van der Waals surface area contributed by atoms with Gasteiger partial charge >= 0.3 is 0 Å². The van der Waals surface area contributed by atoms with Crippen LogP contribution in [-0.4, -0.2) is 0 Å². The van der Waals surface area contributed by atoms with E-state index in [1.165, 1.54) is 7.27 Å². The first-order chi connectivity index (χ1) is 4.20. The minimum Gasteiger partial charge on any atom is -1.00 e. The van der Waals surface area contributed by atoms with Crippen molar-refractivity contribution in [1.82, 2.24) is 0 Å². The third-order valence-electron chi connectivity index (χ3n) is 1.03. The number of halogens is 3. The number of hydrogen-bond acceptors (Lipinski definition) is 0. The molecule has 0 aliphatic carbocycles. The van der Waals surface area contributed by atoms with Gasteiger partial charge in [-0.25, -0.2) is 0 Å². The zero-order valence-electron chi connectivity index (χ0n) is 5.31. The molecule has 1 heterocycles. The highest BCUT2D eigenvalue weighted by molar-refractivity contribution is 14.1. The van der Waals surface area contributed by atoms with Crippen molar-refractivity contribution in [3.8, 4) is 0 Å². The Labute approximate surface area is 105 Å². The zero-order chi connectivity index (χ0) is 6.85. The molecule has 56 valence electrons. The van der Waals surface area contributed by atoms with Gasteiger partial charge in [-0.2, -0.15) is 4.57 Å². The summed E-state index contributed by atoms with van der Waals surface area (Å²) in [5.41, 5.74) is 0. The van der Waals surface area contributed by atoms with Crippen LogP contribution < -0.4 is 28.5 Å². The lowest BCUT2D eigenvalue weighted by molar-refractivity contribution is -0.684. The second-order valence-corrected chi connectivity index (χ2v) is 4.13. The Morgan fingerprint density at radius 2 is 1.90 bits per heavy atom. The Hall–Kier alpha value is 1.34. The van der Waals surface area contributed by atoms with E-state index in [1.54, 1.807) is 0 Å². The van der Waals surface area contributed by atoms with Crippen LogP contribution in [0.25, 0.3) is 0 Å². The van der Waals surface area contributed by atoms with Gasteiger partial charge in [0.05, 0.1) is 3.57 Å². The van der Waals surface area contributed by atoms with Gasteiger partial charge in [-0.1, -0.05) is 0 Å². The maximum absolute atomic E-state index is 2.30. The molecule has 10 heavy (non-hydrogen) atoms. The third kappa shape index (κ3) is 3.16. The predicted octanol–water partition coefficient (Wildman–Crippen LogP) is -1.28. The molecule has 1 nitrogen and oxygen atoms in total. The molecule has 0 aliphatic rings. The number of nitrogens with zero attached hydrogens (tertiary/aromatic N) is 1. The number of hydrogen-bond donors (Lipinski definition) is 0. The Kier molecular flexibility index (Phi) is 5.75. The van der Waals surface area contributed by atoms with E-state index < -0.39 is 0 Å². The van der Waals surface area contributed by atoms with Gasteiger partial charge in [-0.3, -0.25) is 0 Å². The number of aromatic nitrogens is 1. The SMILES string of the molecule is C[n+]1cc(I)ccc1I.[I-]. The summed E-state index contributed by atoms with van der Waals surface area (Å²) in [7, 11) is 2.05. The zero-order valence-corrected chi connectivity index (χ0v) is 11.8. The van der Waals surface area contributed by atoms with Crippen molar-refractivity contribution in [3.63, 3.8) is 0 Å². The van der Waals surface area contributed by atoms with E-state index in [0.29, 0.717) is 0 Å². The van der Waals surface area contributed by atoms with Crippen LogP contribution in [0.3, 0.4) is 0 Å². The van der Waals surface area contributed by atoms with Crippen LogP contribution >= 0.6 is 45.2 Å². The van der Waals surface area contributed by atoms with Crippen LogP contribution in [0.15, 0.2) is 18.3 Å². The summed E-state index contributed by atoms with van der Waals surface area (Å²) in [6.45, 7) is 0. The normalized spacial score (nSPS) is 8.70. The smallest absolute Gasteiger partial charge is 0.241 e. The molecule has 0 radical (unpaired) electrons. The van der Waals surface area contributed by atoms with E-state index in [9.17, 15) is 0 Å². The molecule has 0 aromatic carbocycles. The average molecular weight is 473 g/mol. The highest BCUT2D eigenvalue weighted by Gasteiger charge is 1.99. The van der Waals surface area contributed by atoms with E-state index >= 15 is 0 Å². The van der Waals surface area contributed by atoms with E-state index in [1.807, 2.05) is 7.05 Å². The fourth-order valence-electron chi connectivity index (χ4n) is 0.556. The van der Waals surface area contributed by atoms with Crippen molar-refractivity contribution in [2.75, 3.05) is 0 Å². The van der Waals surface area contributed by atoms with Gasteiger partial charge in [-0.05, 0) is 28.7 Å². The lowest BCUT2D eigenvalue weighted by Gasteiger charge is -1.89. The average Bonchev–Trinajstić information content (AvgIpc) is 1.80. The molecule has 0 N–H and O–H groups in total. The monoisotopic (exact) mass is 473 g/mol. The molecule has 0 unspecified atom stereocenters. The van der Waals surface area contributed by atoms with Crippen molar-refractivity contribution in [3.05, 3.63) is 25.6 Å². The van der Waals surface area contributed by atoms with Crippen LogP contribution in [0, 0.1) is 7.27 Å². The minimum absolute atomic E-state index is 0. The lowest BCUT2D eigenvalue weighted by atomic mass is 10.5. The molecule has 0 aliphatic heterocycles. The molecule has 0 fully saturated rings. The molecule has 4 heteroatoms. The van der Waals surface area contributed by atoms with Crippen LogP contribution in [0.5, 0.6) is 0 Å². The molecule has 0 atom stereocenters. The second kappa shape index (κ2) is 5.07. The Morgan fingerprint density at radius 3 is 2.30 bits per heavy atom. The number of aryl methyl sites for hydroxylation is 1. The summed E-state index contributed by atoms with van der Waals surface area (Å²) >= 11 is 4.60. The molecular weight excluding hydrogens is 467 g/mol. The van der Waals surface area contributed by atoms with E-state index in [-0.39, 0.29) is 24.0 Å². The van der Waals surface area contributed by atoms with Gasteiger partial charge in [-0.15, -0.1) is 0 Å². The molecular formula is C6H6I3N. The summed E-state index contributed by atoms with van der Waals surface area (Å²) in [6.07, 6.45) is 2.10. The van der Waals surface area contributed by atoms with Gasteiger partial charge < -0.3 is 24.0 Å². The van der Waals surface area contributed by atoms with Gasteiger partial charge in [0.15, 0.2) is 6.20 Å². The van der Waals surface area contributed by atoms with Crippen molar-refractivity contribution >= 4 is 45.2 Å². The highest BCUT2D eigenvalue weighted by atomic mass is 127. The third-order valence-corrected chi connectivity index (χ3v) is 2.79. The molecule has 1 rings (SSSR count). The maximum Gasteiger partial charge on any atom is 0.241 e. The van der Waals surface area contributed by atoms with Crippen LogP contribution in [0.4, 0.5) is 0 Å².